The zero-order valence-electron chi connectivity index (χ0n) is 7.24. The molecule has 1 rings (SSSR count). The molecule has 14 heavy (non-hydrogen) atoms. The third-order valence-corrected chi connectivity index (χ3v) is 1.64. The van der Waals surface area contributed by atoms with Gasteiger partial charge >= 0.3 is 5.97 Å². The van der Waals surface area contributed by atoms with Crippen LogP contribution in [0.25, 0.3) is 0 Å². The lowest BCUT2D eigenvalue weighted by atomic mass is 10.1. The number of halogens is 1. The third kappa shape index (κ3) is 1.50. The zero-order chi connectivity index (χ0) is 10.7. The van der Waals surface area contributed by atoms with Crippen molar-refractivity contribution in [3.63, 3.8) is 0 Å². The Morgan fingerprint density at radius 3 is 2.79 bits per heavy atom. The first-order chi connectivity index (χ1) is 6.61. The van der Waals surface area contributed by atoms with Gasteiger partial charge in [0.25, 0.3) is 0 Å². The second-order valence-corrected chi connectivity index (χ2v) is 2.42. The van der Waals surface area contributed by atoms with Crippen molar-refractivity contribution in [1.29, 1.82) is 5.26 Å². The standard InChI is InChI=1S/C9H6FNO3/c1-14-9(13)5-2-3-7(12)6(4-11)8(5)10/h2-3,12H,1H3. The molecule has 0 aliphatic rings. The van der Waals surface area contributed by atoms with E-state index in [0.717, 1.165) is 19.2 Å². The molecule has 0 aliphatic carbocycles. The molecule has 1 aromatic rings. The van der Waals surface area contributed by atoms with Crippen LogP contribution < -0.4 is 0 Å². The van der Waals surface area contributed by atoms with Gasteiger partial charge in [0.2, 0.25) is 0 Å². The van der Waals surface area contributed by atoms with Gasteiger partial charge in [-0.1, -0.05) is 0 Å². The summed E-state index contributed by atoms with van der Waals surface area (Å²) in [6.45, 7) is 0. The van der Waals surface area contributed by atoms with Crippen molar-refractivity contribution in [3.05, 3.63) is 29.1 Å². The number of phenolic OH excluding ortho intramolecular Hbond substituents is 1. The normalized spacial score (nSPS) is 9.21. The summed E-state index contributed by atoms with van der Waals surface area (Å²) in [6, 6.07) is 3.57. The van der Waals surface area contributed by atoms with E-state index in [2.05, 4.69) is 4.74 Å². The lowest BCUT2D eigenvalue weighted by molar-refractivity contribution is 0.0595. The van der Waals surface area contributed by atoms with Crippen LogP contribution in [0.3, 0.4) is 0 Å². The molecule has 4 nitrogen and oxygen atoms in total. The largest absolute Gasteiger partial charge is 0.506 e. The molecule has 0 aliphatic heterocycles. The van der Waals surface area contributed by atoms with Crippen LogP contribution in [0.2, 0.25) is 0 Å². The molecule has 1 aromatic carbocycles. The summed E-state index contributed by atoms with van der Waals surface area (Å²) in [7, 11) is 1.10. The second kappa shape index (κ2) is 3.75. The molecular weight excluding hydrogens is 189 g/mol. The van der Waals surface area contributed by atoms with E-state index in [-0.39, 0.29) is 5.56 Å². The minimum atomic E-state index is -1.07. The summed E-state index contributed by atoms with van der Waals surface area (Å²) in [5.41, 5.74) is -0.935. The van der Waals surface area contributed by atoms with E-state index < -0.39 is 23.1 Å². The summed E-state index contributed by atoms with van der Waals surface area (Å²) in [5, 5.41) is 17.5. The van der Waals surface area contributed by atoms with Crippen LogP contribution in [-0.4, -0.2) is 18.2 Å². The van der Waals surface area contributed by atoms with Gasteiger partial charge in [0.1, 0.15) is 17.4 Å². The topological polar surface area (TPSA) is 70.3 Å². The predicted molar refractivity (Wildman–Crippen MR) is 44.1 cm³/mol. The fraction of sp³-hybridized carbons (Fsp3) is 0.111. The molecule has 0 saturated carbocycles. The Morgan fingerprint density at radius 2 is 2.29 bits per heavy atom. The quantitative estimate of drug-likeness (QED) is 0.683. The van der Waals surface area contributed by atoms with E-state index in [9.17, 15) is 9.18 Å². The van der Waals surface area contributed by atoms with E-state index in [1.807, 2.05) is 0 Å². The Bertz CT molecular complexity index is 423. The molecule has 0 bridgehead atoms. The number of nitriles is 1. The number of esters is 1. The molecule has 0 spiro atoms. The number of rotatable bonds is 1. The number of carbonyl (C=O) groups excluding carboxylic acids is 1. The molecule has 0 saturated heterocycles. The number of ether oxygens (including phenoxy) is 1. The highest BCUT2D eigenvalue weighted by Gasteiger charge is 2.18. The van der Waals surface area contributed by atoms with Crippen LogP contribution >= 0.6 is 0 Å². The summed E-state index contributed by atoms with van der Waals surface area (Å²) in [4.78, 5) is 11.0. The Labute approximate surface area is 79.2 Å². The number of benzene rings is 1. The number of nitrogens with zero attached hydrogens (tertiary/aromatic N) is 1. The number of hydrogen-bond donors (Lipinski definition) is 1. The van der Waals surface area contributed by atoms with Gasteiger partial charge < -0.3 is 9.84 Å². The summed E-state index contributed by atoms with van der Waals surface area (Å²) in [5.74, 6) is -2.46. The SMILES string of the molecule is COC(=O)c1ccc(O)c(C#N)c1F. The van der Waals surface area contributed by atoms with Gasteiger partial charge in [-0.05, 0) is 12.1 Å². The van der Waals surface area contributed by atoms with Gasteiger partial charge in [-0.3, -0.25) is 0 Å². The first-order valence-corrected chi connectivity index (χ1v) is 3.61. The van der Waals surface area contributed by atoms with Crippen molar-refractivity contribution >= 4 is 5.97 Å². The van der Waals surface area contributed by atoms with Crippen LogP contribution in [0.15, 0.2) is 12.1 Å². The summed E-state index contributed by atoms with van der Waals surface area (Å²) < 4.78 is 17.6. The van der Waals surface area contributed by atoms with Gasteiger partial charge in [-0.15, -0.1) is 0 Å². The maximum atomic E-state index is 13.3. The number of methoxy groups -OCH3 is 1. The lowest BCUT2D eigenvalue weighted by Gasteiger charge is -2.03. The fourth-order valence-electron chi connectivity index (χ4n) is 0.940. The molecule has 1 N–H and O–H groups in total. The molecule has 0 fully saturated rings. The molecule has 0 amide bonds. The molecule has 5 heteroatoms. The Kier molecular flexibility index (Phi) is 2.67. The van der Waals surface area contributed by atoms with Crippen molar-refractivity contribution in [2.24, 2.45) is 0 Å². The van der Waals surface area contributed by atoms with Crippen molar-refractivity contribution in [2.75, 3.05) is 7.11 Å². The van der Waals surface area contributed by atoms with Crippen LogP contribution in [0.5, 0.6) is 5.75 Å². The van der Waals surface area contributed by atoms with E-state index in [1.54, 1.807) is 0 Å². The molecular formula is C9H6FNO3. The number of hydrogen-bond acceptors (Lipinski definition) is 4. The number of aromatic hydroxyl groups is 1. The Morgan fingerprint density at radius 1 is 1.64 bits per heavy atom. The first-order valence-electron chi connectivity index (χ1n) is 3.61. The fourth-order valence-corrected chi connectivity index (χ4v) is 0.940. The highest BCUT2D eigenvalue weighted by atomic mass is 19.1. The average Bonchev–Trinajstić information content (AvgIpc) is 2.18. The van der Waals surface area contributed by atoms with E-state index >= 15 is 0 Å². The maximum Gasteiger partial charge on any atom is 0.340 e. The molecule has 0 atom stereocenters. The second-order valence-electron chi connectivity index (χ2n) is 2.42. The minimum Gasteiger partial charge on any atom is -0.506 e. The van der Waals surface area contributed by atoms with E-state index in [1.165, 1.54) is 6.07 Å². The summed E-state index contributed by atoms with van der Waals surface area (Å²) in [6.07, 6.45) is 0. The van der Waals surface area contributed by atoms with E-state index in [0.29, 0.717) is 0 Å². The highest BCUT2D eigenvalue weighted by molar-refractivity contribution is 5.90. The minimum absolute atomic E-state index is 0.373. The molecule has 0 heterocycles. The van der Waals surface area contributed by atoms with Gasteiger partial charge in [-0.25, -0.2) is 9.18 Å². The maximum absolute atomic E-state index is 13.3. The zero-order valence-corrected chi connectivity index (χ0v) is 7.24. The molecule has 0 unspecified atom stereocenters. The Hall–Kier alpha value is -2.09. The van der Waals surface area contributed by atoms with Gasteiger partial charge in [0.05, 0.1) is 12.7 Å². The molecule has 72 valence electrons. The van der Waals surface area contributed by atoms with Crippen molar-refractivity contribution in [2.45, 2.75) is 0 Å². The summed E-state index contributed by atoms with van der Waals surface area (Å²) >= 11 is 0. The van der Waals surface area contributed by atoms with Gasteiger partial charge in [-0.2, -0.15) is 5.26 Å². The first kappa shape index (κ1) is 9.99. The van der Waals surface area contributed by atoms with Crippen LogP contribution in [0, 0.1) is 17.1 Å². The van der Waals surface area contributed by atoms with Crippen LogP contribution in [-0.2, 0) is 4.74 Å². The third-order valence-electron chi connectivity index (χ3n) is 1.64. The van der Waals surface area contributed by atoms with Crippen molar-refractivity contribution < 1.29 is 19.0 Å². The monoisotopic (exact) mass is 195 g/mol. The van der Waals surface area contributed by atoms with Gasteiger partial charge in [0, 0.05) is 0 Å². The molecule has 0 radical (unpaired) electrons. The number of carbonyl (C=O) groups is 1. The molecule has 0 aromatic heterocycles. The van der Waals surface area contributed by atoms with Crippen LogP contribution in [0.1, 0.15) is 15.9 Å². The van der Waals surface area contributed by atoms with Gasteiger partial charge in [0.15, 0.2) is 5.82 Å². The smallest absolute Gasteiger partial charge is 0.340 e. The predicted octanol–water partition coefficient (Wildman–Crippen LogP) is 1.19. The van der Waals surface area contributed by atoms with Crippen LogP contribution in [0.4, 0.5) is 4.39 Å². The highest BCUT2D eigenvalue weighted by Crippen LogP contribution is 2.22. The Balaban J connectivity index is 3.37. The van der Waals surface area contributed by atoms with Crippen molar-refractivity contribution in [3.8, 4) is 11.8 Å². The number of phenols is 1. The lowest BCUT2D eigenvalue weighted by Crippen LogP contribution is -2.05. The average molecular weight is 195 g/mol. The van der Waals surface area contributed by atoms with Crippen molar-refractivity contribution in [1.82, 2.24) is 0 Å². The van der Waals surface area contributed by atoms with E-state index in [4.69, 9.17) is 10.4 Å².